The van der Waals surface area contributed by atoms with Gasteiger partial charge >= 0.3 is 12.1 Å². The van der Waals surface area contributed by atoms with E-state index < -0.39 is 6.04 Å². The van der Waals surface area contributed by atoms with Gasteiger partial charge in [0, 0.05) is 24.5 Å². The second-order valence-corrected chi connectivity index (χ2v) is 6.39. The van der Waals surface area contributed by atoms with Crippen molar-refractivity contribution in [2.75, 3.05) is 36.5 Å². The van der Waals surface area contributed by atoms with Crippen molar-refractivity contribution in [1.29, 1.82) is 0 Å². The second-order valence-electron chi connectivity index (χ2n) is 6.39. The molecular weight excluding hydrogens is 336 g/mol. The first-order valence-electron chi connectivity index (χ1n) is 9.00. The smallest absolute Gasteiger partial charge is 0.414 e. The number of nitrogens with one attached hydrogen (secondary N) is 2. The van der Waals surface area contributed by atoms with Gasteiger partial charge in [0.15, 0.2) is 0 Å². The molecule has 1 unspecified atom stereocenters. The molecule has 3 rings (SSSR count). The molecule has 0 aliphatic carbocycles. The topological polar surface area (TPSA) is 91.0 Å². The van der Waals surface area contributed by atoms with E-state index in [1.165, 1.54) is 4.90 Å². The number of rotatable bonds is 5. The van der Waals surface area contributed by atoms with Crippen molar-refractivity contribution in [3.05, 3.63) is 24.3 Å². The largest absolute Gasteiger partial charge is 0.447 e. The quantitative estimate of drug-likeness (QED) is 0.842. The van der Waals surface area contributed by atoms with Gasteiger partial charge in [0.25, 0.3) is 0 Å². The Bertz CT molecular complexity index is 694. The molecule has 8 nitrogen and oxygen atoms in total. The van der Waals surface area contributed by atoms with Crippen molar-refractivity contribution in [3.63, 3.8) is 0 Å². The predicted octanol–water partition coefficient (Wildman–Crippen LogP) is 2.17. The lowest BCUT2D eigenvalue weighted by Crippen LogP contribution is -2.58. The normalized spacial score (nSPS) is 20.0. The highest BCUT2D eigenvalue weighted by atomic mass is 16.6. The number of carbonyl (C=O) groups excluding carboxylic acids is 3. The zero-order chi connectivity index (χ0) is 18.5. The molecule has 0 aromatic heterocycles. The summed E-state index contributed by atoms with van der Waals surface area (Å²) >= 11 is 0. The van der Waals surface area contributed by atoms with E-state index in [2.05, 4.69) is 17.6 Å². The summed E-state index contributed by atoms with van der Waals surface area (Å²) in [6.07, 6.45) is 2.11. The third-order valence-corrected chi connectivity index (χ3v) is 4.59. The Morgan fingerprint density at radius 2 is 2.19 bits per heavy atom. The first kappa shape index (κ1) is 18.0. The van der Waals surface area contributed by atoms with Gasteiger partial charge in [-0.3, -0.25) is 9.69 Å². The van der Waals surface area contributed by atoms with Crippen LogP contribution in [0.1, 0.15) is 26.2 Å². The fraction of sp³-hybridized carbons (Fsp3) is 0.500. The number of unbranched alkanes of at least 4 members (excludes halogenated alkanes) is 1. The van der Waals surface area contributed by atoms with Crippen LogP contribution in [0.3, 0.4) is 0 Å². The van der Waals surface area contributed by atoms with E-state index in [0.717, 1.165) is 12.8 Å². The summed E-state index contributed by atoms with van der Waals surface area (Å²) in [6.45, 7) is 3.83. The molecule has 4 amide bonds. The molecule has 0 spiro atoms. The van der Waals surface area contributed by atoms with Gasteiger partial charge in [0.05, 0.1) is 6.54 Å². The molecule has 1 atom stereocenters. The van der Waals surface area contributed by atoms with Crippen LogP contribution < -0.4 is 15.5 Å². The summed E-state index contributed by atoms with van der Waals surface area (Å²) in [6, 6.07) is 6.31. The van der Waals surface area contributed by atoms with Crippen molar-refractivity contribution >= 4 is 29.4 Å². The van der Waals surface area contributed by atoms with Crippen LogP contribution in [0.2, 0.25) is 0 Å². The Morgan fingerprint density at radius 1 is 1.35 bits per heavy atom. The fourth-order valence-electron chi connectivity index (χ4n) is 3.22. The number of hydrogen-bond acceptors (Lipinski definition) is 4. The summed E-state index contributed by atoms with van der Waals surface area (Å²) in [5.41, 5.74) is 1.25. The maximum absolute atomic E-state index is 12.7. The lowest BCUT2D eigenvalue weighted by atomic mass is 10.1. The molecular formula is C18H24N4O4. The SMILES string of the molecule is CCCCC1C(=O)NCCN1C(=O)Nc1cccc(N2CCOC2=O)c1. The highest BCUT2D eigenvalue weighted by molar-refractivity contribution is 5.96. The molecule has 0 radical (unpaired) electrons. The molecule has 2 fully saturated rings. The molecule has 2 aliphatic heterocycles. The molecule has 0 bridgehead atoms. The molecule has 140 valence electrons. The average Bonchev–Trinajstić information content (AvgIpc) is 3.06. The zero-order valence-electron chi connectivity index (χ0n) is 14.9. The summed E-state index contributed by atoms with van der Waals surface area (Å²) in [5, 5.41) is 5.67. The Hall–Kier alpha value is -2.77. The van der Waals surface area contributed by atoms with Crippen LogP contribution in [-0.2, 0) is 9.53 Å². The van der Waals surface area contributed by atoms with Gasteiger partial charge in [-0.2, -0.15) is 0 Å². The van der Waals surface area contributed by atoms with Gasteiger partial charge in [-0.25, -0.2) is 9.59 Å². The van der Waals surface area contributed by atoms with Crippen molar-refractivity contribution < 1.29 is 19.1 Å². The van der Waals surface area contributed by atoms with Crippen LogP contribution in [0.15, 0.2) is 24.3 Å². The number of benzene rings is 1. The second kappa shape index (κ2) is 8.07. The maximum atomic E-state index is 12.7. The molecule has 1 aromatic rings. The molecule has 2 aliphatic rings. The van der Waals surface area contributed by atoms with Crippen LogP contribution >= 0.6 is 0 Å². The number of nitrogens with zero attached hydrogens (tertiary/aromatic N) is 2. The monoisotopic (exact) mass is 360 g/mol. The van der Waals surface area contributed by atoms with E-state index in [-0.39, 0.29) is 18.0 Å². The number of ether oxygens (including phenoxy) is 1. The minimum absolute atomic E-state index is 0.103. The van der Waals surface area contributed by atoms with Crippen molar-refractivity contribution in [1.82, 2.24) is 10.2 Å². The standard InChI is InChI=1S/C18H24N4O4/c1-2-3-7-15-16(23)19-8-9-22(15)17(24)20-13-5-4-6-14(12-13)21-10-11-26-18(21)25/h4-6,12,15H,2-3,7-11H2,1H3,(H,19,23)(H,20,24). The Balaban J connectivity index is 1.70. The predicted molar refractivity (Wildman–Crippen MR) is 97.2 cm³/mol. The van der Waals surface area contributed by atoms with Crippen LogP contribution in [0.25, 0.3) is 0 Å². The van der Waals surface area contributed by atoms with Gasteiger partial charge in [0.2, 0.25) is 5.91 Å². The molecule has 1 aromatic carbocycles. The Morgan fingerprint density at radius 3 is 2.92 bits per heavy atom. The van der Waals surface area contributed by atoms with Gasteiger partial charge in [-0.05, 0) is 24.6 Å². The molecule has 0 saturated carbocycles. The number of anilines is 2. The summed E-state index contributed by atoms with van der Waals surface area (Å²) in [5.74, 6) is -0.103. The van der Waals surface area contributed by atoms with Crippen LogP contribution in [0.5, 0.6) is 0 Å². The third kappa shape index (κ3) is 3.89. The number of piperazine rings is 1. The number of cyclic esters (lactones) is 1. The summed E-state index contributed by atoms with van der Waals surface area (Å²) < 4.78 is 4.95. The van der Waals surface area contributed by atoms with Crippen molar-refractivity contribution in [3.8, 4) is 0 Å². The van der Waals surface area contributed by atoms with E-state index in [9.17, 15) is 14.4 Å². The fourth-order valence-corrected chi connectivity index (χ4v) is 3.22. The van der Waals surface area contributed by atoms with E-state index in [1.54, 1.807) is 29.2 Å². The molecule has 2 N–H and O–H groups in total. The van der Waals surface area contributed by atoms with Crippen LogP contribution in [-0.4, -0.2) is 55.2 Å². The minimum atomic E-state index is -0.444. The first-order chi connectivity index (χ1) is 12.6. The highest BCUT2D eigenvalue weighted by Crippen LogP contribution is 2.23. The lowest BCUT2D eigenvalue weighted by molar-refractivity contribution is -0.127. The van der Waals surface area contributed by atoms with E-state index >= 15 is 0 Å². The van der Waals surface area contributed by atoms with Crippen LogP contribution in [0.4, 0.5) is 21.0 Å². The summed E-state index contributed by atoms with van der Waals surface area (Å²) in [4.78, 5) is 39.7. The van der Waals surface area contributed by atoms with Gasteiger partial charge in [0.1, 0.15) is 12.6 Å². The summed E-state index contributed by atoms with van der Waals surface area (Å²) in [7, 11) is 0. The van der Waals surface area contributed by atoms with Crippen molar-refractivity contribution in [2.45, 2.75) is 32.2 Å². The molecule has 26 heavy (non-hydrogen) atoms. The minimum Gasteiger partial charge on any atom is -0.447 e. The van der Waals surface area contributed by atoms with Gasteiger partial charge in [-0.15, -0.1) is 0 Å². The van der Waals surface area contributed by atoms with E-state index in [4.69, 9.17) is 4.74 Å². The highest BCUT2D eigenvalue weighted by Gasteiger charge is 2.32. The number of amides is 4. The average molecular weight is 360 g/mol. The molecule has 2 heterocycles. The lowest BCUT2D eigenvalue weighted by Gasteiger charge is -2.35. The van der Waals surface area contributed by atoms with Crippen molar-refractivity contribution in [2.24, 2.45) is 0 Å². The van der Waals surface area contributed by atoms with E-state index in [1.807, 2.05) is 0 Å². The maximum Gasteiger partial charge on any atom is 0.414 e. The first-order valence-corrected chi connectivity index (χ1v) is 9.00. The third-order valence-electron chi connectivity index (χ3n) is 4.59. The molecule has 2 saturated heterocycles. The number of urea groups is 1. The zero-order valence-corrected chi connectivity index (χ0v) is 14.9. The van der Waals surface area contributed by atoms with Gasteiger partial charge < -0.3 is 20.3 Å². The number of carbonyl (C=O) groups is 3. The Labute approximate surface area is 152 Å². The Kier molecular flexibility index (Phi) is 5.60. The van der Waals surface area contributed by atoms with Crippen LogP contribution in [0, 0.1) is 0 Å². The van der Waals surface area contributed by atoms with Gasteiger partial charge in [-0.1, -0.05) is 25.8 Å². The number of hydrogen-bond donors (Lipinski definition) is 2. The molecule has 8 heteroatoms. The van der Waals surface area contributed by atoms with E-state index in [0.29, 0.717) is 44.0 Å².